The van der Waals surface area contributed by atoms with Crippen LogP contribution in [0, 0.1) is 0 Å². The molecule has 18 heavy (non-hydrogen) atoms. The van der Waals surface area contributed by atoms with Crippen molar-refractivity contribution < 1.29 is 4.74 Å². The van der Waals surface area contributed by atoms with Gasteiger partial charge < -0.3 is 10.1 Å². The average molecular weight is 242 g/mol. The average Bonchev–Trinajstić information content (AvgIpc) is 2.46. The van der Waals surface area contributed by atoms with E-state index in [-0.39, 0.29) is 6.04 Å². The molecule has 1 heterocycles. The van der Waals surface area contributed by atoms with Crippen LogP contribution in [0.1, 0.15) is 24.2 Å². The molecular formula is C15H18N2O. The van der Waals surface area contributed by atoms with Gasteiger partial charge in [0.2, 0.25) is 0 Å². The maximum atomic E-state index is 5.13. The number of nitrogens with zero attached hydrogens (tertiary/aromatic N) is 1. The first-order chi connectivity index (χ1) is 8.79. The van der Waals surface area contributed by atoms with Gasteiger partial charge in [0.1, 0.15) is 5.75 Å². The molecular weight excluding hydrogens is 224 g/mol. The molecule has 1 atom stereocenters. The Hall–Kier alpha value is -1.87. The Morgan fingerprint density at radius 1 is 1.17 bits per heavy atom. The van der Waals surface area contributed by atoms with Crippen molar-refractivity contribution >= 4 is 0 Å². The van der Waals surface area contributed by atoms with Crippen LogP contribution in [0.25, 0.3) is 0 Å². The van der Waals surface area contributed by atoms with Gasteiger partial charge in [0.05, 0.1) is 12.8 Å². The van der Waals surface area contributed by atoms with Crippen molar-refractivity contribution in [2.75, 3.05) is 7.11 Å². The third kappa shape index (κ3) is 3.31. The Morgan fingerprint density at radius 3 is 2.56 bits per heavy atom. The van der Waals surface area contributed by atoms with E-state index in [2.05, 4.69) is 29.4 Å². The van der Waals surface area contributed by atoms with Crippen LogP contribution >= 0.6 is 0 Å². The standard InChI is InChI=1S/C15H18N2O/c1-12(15-5-3-4-10-16-15)17-11-13-6-8-14(18-2)9-7-13/h3-10,12,17H,11H2,1-2H3. The smallest absolute Gasteiger partial charge is 0.118 e. The van der Waals surface area contributed by atoms with Crippen LogP contribution in [0.3, 0.4) is 0 Å². The molecule has 3 nitrogen and oxygen atoms in total. The molecule has 94 valence electrons. The zero-order chi connectivity index (χ0) is 12.8. The van der Waals surface area contributed by atoms with Gasteiger partial charge in [-0.3, -0.25) is 4.98 Å². The second-order valence-electron chi connectivity index (χ2n) is 4.21. The van der Waals surface area contributed by atoms with Crippen molar-refractivity contribution in [2.24, 2.45) is 0 Å². The third-order valence-electron chi connectivity index (χ3n) is 2.90. The van der Waals surface area contributed by atoms with Crippen molar-refractivity contribution in [3.05, 3.63) is 59.9 Å². The van der Waals surface area contributed by atoms with E-state index in [4.69, 9.17) is 4.74 Å². The minimum atomic E-state index is 0.244. The van der Waals surface area contributed by atoms with Crippen molar-refractivity contribution in [3.63, 3.8) is 0 Å². The number of rotatable bonds is 5. The summed E-state index contributed by atoms with van der Waals surface area (Å²) < 4.78 is 5.13. The van der Waals surface area contributed by atoms with E-state index < -0.39 is 0 Å². The molecule has 0 amide bonds. The van der Waals surface area contributed by atoms with Crippen LogP contribution in [0.2, 0.25) is 0 Å². The second kappa shape index (κ2) is 6.17. The molecule has 0 radical (unpaired) electrons. The van der Waals surface area contributed by atoms with Crippen molar-refractivity contribution in [2.45, 2.75) is 19.5 Å². The van der Waals surface area contributed by atoms with Crippen LogP contribution in [-0.2, 0) is 6.54 Å². The zero-order valence-corrected chi connectivity index (χ0v) is 10.8. The molecule has 0 fully saturated rings. The summed E-state index contributed by atoms with van der Waals surface area (Å²) >= 11 is 0. The number of benzene rings is 1. The number of nitrogens with one attached hydrogen (secondary N) is 1. The Balaban J connectivity index is 1.91. The highest BCUT2D eigenvalue weighted by Gasteiger charge is 2.05. The molecule has 1 unspecified atom stereocenters. The molecule has 0 bridgehead atoms. The first kappa shape index (κ1) is 12.6. The largest absolute Gasteiger partial charge is 0.497 e. The number of pyridine rings is 1. The topological polar surface area (TPSA) is 34.1 Å². The Morgan fingerprint density at radius 2 is 1.94 bits per heavy atom. The normalized spacial score (nSPS) is 12.1. The fourth-order valence-corrected chi connectivity index (χ4v) is 1.75. The van der Waals surface area contributed by atoms with Gasteiger partial charge in [-0.15, -0.1) is 0 Å². The van der Waals surface area contributed by atoms with Crippen LogP contribution in [-0.4, -0.2) is 12.1 Å². The van der Waals surface area contributed by atoms with Crippen LogP contribution in [0.4, 0.5) is 0 Å². The molecule has 3 heteroatoms. The first-order valence-corrected chi connectivity index (χ1v) is 6.07. The number of aromatic nitrogens is 1. The van der Waals surface area contributed by atoms with Gasteiger partial charge in [0.25, 0.3) is 0 Å². The van der Waals surface area contributed by atoms with Gasteiger partial charge in [0, 0.05) is 18.8 Å². The fraction of sp³-hybridized carbons (Fsp3) is 0.267. The molecule has 0 aliphatic rings. The van der Waals surface area contributed by atoms with Gasteiger partial charge in [-0.2, -0.15) is 0 Å². The number of methoxy groups -OCH3 is 1. The summed E-state index contributed by atoms with van der Waals surface area (Å²) in [5, 5.41) is 3.45. The zero-order valence-electron chi connectivity index (χ0n) is 10.8. The van der Waals surface area contributed by atoms with E-state index in [0.29, 0.717) is 0 Å². The van der Waals surface area contributed by atoms with Crippen molar-refractivity contribution in [1.82, 2.24) is 10.3 Å². The van der Waals surface area contributed by atoms with E-state index in [0.717, 1.165) is 18.0 Å². The summed E-state index contributed by atoms with van der Waals surface area (Å²) in [7, 11) is 1.68. The lowest BCUT2D eigenvalue weighted by atomic mass is 10.1. The molecule has 1 aromatic heterocycles. The number of ether oxygens (including phenoxy) is 1. The molecule has 0 spiro atoms. The van der Waals surface area contributed by atoms with E-state index in [1.807, 2.05) is 36.5 Å². The van der Waals surface area contributed by atoms with Gasteiger partial charge in [-0.25, -0.2) is 0 Å². The highest BCUT2D eigenvalue weighted by Crippen LogP contribution is 2.13. The van der Waals surface area contributed by atoms with Crippen LogP contribution in [0.15, 0.2) is 48.7 Å². The molecule has 0 aliphatic heterocycles. The molecule has 0 aliphatic carbocycles. The Labute approximate surface area is 108 Å². The predicted octanol–water partition coefficient (Wildman–Crippen LogP) is 2.94. The van der Waals surface area contributed by atoms with Crippen molar-refractivity contribution in [3.8, 4) is 5.75 Å². The highest BCUT2D eigenvalue weighted by molar-refractivity contribution is 5.27. The van der Waals surface area contributed by atoms with Gasteiger partial charge in [-0.05, 0) is 36.8 Å². The predicted molar refractivity (Wildman–Crippen MR) is 72.5 cm³/mol. The van der Waals surface area contributed by atoms with E-state index in [1.165, 1.54) is 5.56 Å². The first-order valence-electron chi connectivity index (χ1n) is 6.07. The lowest BCUT2D eigenvalue weighted by Crippen LogP contribution is -2.18. The van der Waals surface area contributed by atoms with Crippen LogP contribution in [0.5, 0.6) is 5.75 Å². The minimum Gasteiger partial charge on any atom is -0.497 e. The SMILES string of the molecule is COc1ccc(CNC(C)c2ccccn2)cc1. The Bertz CT molecular complexity index is 468. The third-order valence-corrected chi connectivity index (χ3v) is 2.90. The quantitative estimate of drug-likeness (QED) is 0.875. The molecule has 1 N–H and O–H groups in total. The lowest BCUT2D eigenvalue weighted by molar-refractivity contribution is 0.414. The summed E-state index contributed by atoms with van der Waals surface area (Å²) in [5.74, 6) is 0.886. The summed E-state index contributed by atoms with van der Waals surface area (Å²) in [5.41, 5.74) is 2.30. The lowest BCUT2D eigenvalue weighted by Gasteiger charge is -2.13. The minimum absolute atomic E-state index is 0.244. The van der Waals surface area contributed by atoms with Crippen LogP contribution < -0.4 is 10.1 Å². The van der Waals surface area contributed by atoms with Crippen molar-refractivity contribution in [1.29, 1.82) is 0 Å². The van der Waals surface area contributed by atoms with E-state index >= 15 is 0 Å². The Kier molecular flexibility index (Phi) is 4.31. The van der Waals surface area contributed by atoms with E-state index in [1.54, 1.807) is 7.11 Å². The monoisotopic (exact) mass is 242 g/mol. The molecule has 1 aromatic carbocycles. The summed E-state index contributed by atoms with van der Waals surface area (Å²) in [6.07, 6.45) is 1.82. The molecule has 2 aromatic rings. The second-order valence-corrected chi connectivity index (χ2v) is 4.21. The fourth-order valence-electron chi connectivity index (χ4n) is 1.75. The highest BCUT2D eigenvalue weighted by atomic mass is 16.5. The summed E-state index contributed by atoms with van der Waals surface area (Å²) in [4.78, 5) is 4.34. The molecule has 2 rings (SSSR count). The number of hydrogen-bond donors (Lipinski definition) is 1. The van der Waals surface area contributed by atoms with Gasteiger partial charge >= 0.3 is 0 Å². The van der Waals surface area contributed by atoms with E-state index in [9.17, 15) is 0 Å². The maximum absolute atomic E-state index is 5.13. The molecule has 0 saturated heterocycles. The maximum Gasteiger partial charge on any atom is 0.118 e. The number of hydrogen-bond acceptors (Lipinski definition) is 3. The summed E-state index contributed by atoms with van der Waals surface area (Å²) in [6.45, 7) is 2.94. The molecule has 0 saturated carbocycles. The van der Waals surface area contributed by atoms with Gasteiger partial charge in [0.15, 0.2) is 0 Å². The van der Waals surface area contributed by atoms with Gasteiger partial charge in [-0.1, -0.05) is 18.2 Å². The summed E-state index contributed by atoms with van der Waals surface area (Å²) in [6, 6.07) is 14.3.